The second-order valence-electron chi connectivity index (χ2n) is 4.58. The van der Waals surface area contributed by atoms with Crippen LogP contribution in [0.2, 0.25) is 0 Å². The second kappa shape index (κ2) is 6.92. The molecule has 0 aromatic carbocycles. The summed E-state index contributed by atoms with van der Waals surface area (Å²) in [5.74, 6) is 1.78. The fraction of sp³-hybridized carbons (Fsp3) is 0.615. The van der Waals surface area contributed by atoms with Crippen molar-refractivity contribution in [3.05, 3.63) is 12.4 Å². The predicted molar refractivity (Wildman–Crippen MR) is 75.1 cm³/mol. The number of carbonyl (C=O) groups is 1. The highest BCUT2D eigenvalue weighted by molar-refractivity contribution is 5.76. The molecule has 0 radical (unpaired) electrons. The fourth-order valence-corrected chi connectivity index (χ4v) is 2.15. The largest absolute Gasteiger partial charge is 0.370 e. The van der Waals surface area contributed by atoms with Gasteiger partial charge in [-0.15, -0.1) is 0 Å². The molecular formula is C13H21N5O. The molecule has 1 aromatic heterocycles. The Kier molecular flexibility index (Phi) is 4.94. The summed E-state index contributed by atoms with van der Waals surface area (Å²) >= 11 is 0. The molecule has 0 aliphatic carbocycles. The van der Waals surface area contributed by atoms with Crippen LogP contribution in [0.1, 0.15) is 26.2 Å². The first-order valence-electron chi connectivity index (χ1n) is 6.87. The molecule has 0 atom stereocenters. The molecule has 0 bridgehead atoms. The maximum atomic E-state index is 11.8. The van der Waals surface area contributed by atoms with Crippen molar-refractivity contribution >= 4 is 17.5 Å². The summed E-state index contributed by atoms with van der Waals surface area (Å²) < 4.78 is 0. The van der Waals surface area contributed by atoms with Crippen molar-refractivity contribution in [2.75, 3.05) is 36.8 Å². The number of likely N-dealkylation sites (tertiary alicyclic amines) is 1. The molecule has 0 saturated carbocycles. The molecule has 1 aromatic rings. The summed E-state index contributed by atoms with van der Waals surface area (Å²) in [6.45, 7) is 5.28. The monoisotopic (exact) mass is 263 g/mol. The van der Waals surface area contributed by atoms with E-state index in [1.165, 1.54) is 6.33 Å². The van der Waals surface area contributed by atoms with Crippen LogP contribution in [0.3, 0.4) is 0 Å². The van der Waals surface area contributed by atoms with E-state index in [9.17, 15) is 4.79 Å². The van der Waals surface area contributed by atoms with Gasteiger partial charge in [0.05, 0.1) is 0 Å². The van der Waals surface area contributed by atoms with Gasteiger partial charge < -0.3 is 15.5 Å². The quantitative estimate of drug-likeness (QED) is 0.810. The van der Waals surface area contributed by atoms with Crippen LogP contribution < -0.4 is 10.6 Å². The third-order valence-electron chi connectivity index (χ3n) is 3.13. The van der Waals surface area contributed by atoms with Crippen molar-refractivity contribution in [1.29, 1.82) is 0 Å². The Balaban J connectivity index is 1.75. The molecule has 6 nitrogen and oxygen atoms in total. The van der Waals surface area contributed by atoms with Crippen LogP contribution in [-0.4, -0.2) is 47.0 Å². The average molecular weight is 263 g/mol. The van der Waals surface area contributed by atoms with Gasteiger partial charge in [-0.05, 0) is 19.8 Å². The Labute approximate surface area is 113 Å². The van der Waals surface area contributed by atoms with E-state index in [1.54, 1.807) is 0 Å². The molecule has 6 heteroatoms. The van der Waals surface area contributed by atoms with Crippen molar-refractivity contribution in [2.24, 2.45) is 0 Å². The molecule has 1 amide bonds. The Morgan fingerprint density at radius 2 is 1.95 bits per heavy atom. The Hall–Kier alpha value is -1.85. The lowest BCUT2D eigenvalue weighted by Crippen LogP contribution is -2.29. The number of nitrogens with zero attached hydrogens (tertiary/aromatic N) is 3. The molecule has 1 aliphatic heterocycles. The summed E-state index contributed by atoms with van der Waals surface area (Å²) in [4.78, 5) is 22.0. The number of aromatic nitrogens is 2. The molecule has 104 valence electrons. The van der Waals surface area contributed by atoms with E-state index in [0.717, 1.165) is 44.1 Å². The molecule has 1 aliphatic rings. The molecule has 0 unspecified atom stereocenters. The predicted octanol–water partition coefficient (Wildman–Crippen LogP) is 1.33. The maximum absolute atomic E-state index is 11.8. The van der Waals surface area contributed by atoms with Crippen molar-refractivity contribution in [2.45, 2.75) is 26.2 Å². The van der Waals surface area contributed by atoms with Gasteiger partial charge in [0.2, 0.25) is 5.91 Å². The summed E-state index contributed by atoms with van der Waals surface area (Å²) in [5, 5.41) is 6.28. The van der Waals surface area contributed by atoms with Crippen molar-refractivity contribution in [3.63, 3.8) is 0 Å². The van der Waals surface area contributed by atoms with Crippen molar-refractivity contribution in [1.82, 2.24) is 14.9 Å². The second-order valence-corrected chi connectivity index (χ2v) is 4.58. The van der Waals surface area contributed by atoms with Crippen LogP contribution in [0.4, 0.5) is 11.6 Å². The number of hydrogen-bond acceptors (Lipinski definition) is 5. The van der Waals surface area contributed by atoms with Gasteiger partial charge in [-0.3, -0.25) is 4.79 Å². The number of nitrogens with one attached hydrogen (secondary N) is 2. The first-order chi connectivity index (χ1) is 9.29. The highest BCUT2D eigenvalue weighted by Crippen LogP contribution is 2.10. The summed E-state index contributed by atoms with van der Waals surface area (Å²) in [5.41, 5.74) is 0. The third kappa shape index (κ3) is 4.08. The third-order valence-corrected chi connectivity index (χ3v) is 3.13. The minimum absolute atomic E-state index is 0.228. The average Bonchev–Trinajstić information content (AvgIpc) is 2.93. The fourth-order valence-electron chi connectivity index (χ4n) is 2.15. The van der Waals surface area contributed by atoms with E-state index < -0.39 is 0 Å². The minimum atomic E-state index is 0.228. The number of anilines is 2. The first-order valence-corrected chi connectivity index (χ1v) is 6.87. The Morgan fingerprint density at radius 3 is 2.63 bits per heavy atom. The molecule has 2 N–H and O–H groups in total. The van der Waals surface area contributed by atoms with Gasteiger partial charge in [0.25, 0.3) is 0 Å². The van der Waals surface area contributed by atoms with Crippen LogP contribution >= 0.6 is 0 Å². The molecule has 1 fully saturated rings. The van der Waals surface area contributed by atoms with Gasteiger partial charge in [-0.1, -0.05) is 0 Å². The zero-order chi connectivity index (χ0) is 13.5. The minimum Gasteiger partial charge on any atom is -0.370 e. The van der Waals surface area contributed by atoms with E-state index in [-0.39, 0.29) is 5.91 Å². The van der Waals surface area contributed by atoms with E-state index in [4.69, 9.17) is 0 Å². The zero-order valence-corrected chi connectivity index (χ0v) is 11.4. The van der Waals surface area contributed by atoms with Crippen LogP contribution in [0.5, 0.6) is 0 Å². The number of rotatable bonds is 6. The highest BCUT2D eigenvalue weighted by Gasteiger charge is 2.16. The van der Waals surface area contributed by atoms with Crippen LogP contribution in [0.15, 0.2) is 12.4 Å². The standard InChI is InChI=1S/C13H21N5O/c1-2-14-11-9-12(17-10-16-11)15-6-5-13(19)18-7-3-4-8-18/h9-10H,2-8H2,1H3,(H2,14,15,16,17). The zero-order valence-electron chi connectivity index (χ0n) is 11.4. The number of amides is 1. The summed E-state index contributed by atoms with van der Waals surface area (Å²) in [6.07, 6.45) is 4.30. The summed E-state index contributed by atoms with van der Waals surface area (Å²) in [7, 11) is 0. The van der Waals surface area contributed by atoms with Gasteiger partial charge in [-0.2, -0.15) is 0 Å². The normalized spacial score (nSPS) is 14.5. The van der Waals surface area contributed by atoms with Crippen molar-refractivity contribution < 1.29 is 4.79 Å². The van der Waals surface area contributed by atoms with Gasteiger partial charge in [0, 0.05) is 38.7 Å². The van der Waals surface area contributed by atoms with Gasteiger partial charge in [-0.25, -0.2) is 9.97 Å². The van der Waals surface area contributed by atoms with Crippen LogP contribution in [0.25, 0.3) is 0 Å². The van der Waals surface area contributed by atoms with Gasteiger partial charge >= 0.3 is 0 Å². The topological polar surface area (TPSA) is 70.2 Å². The molecule has 1 saturated heterocycles. The first kappa shape index (κ1) is 13.6. The molecule has 19 heavy (non-hydrogen) atoms. The van der Waals surface area contributed by atoms with E-state index in [2.05, 4.69) is 20.6 Å². The van der Waals surface area contributed by atoms with E-state index >= 15 is 0 Å². The molecule has 2 heterocycles. The molecule has 0 spiro atoms. The number of carbonyl (C=O) groups excluding carboxylic acids is 1. The maximum Gasteiger partial charge on any atom is 0.224 e. The summed E-state index contributed by atoms with van der Waals surface area (Å²) in [6, 6.07) is 1.85. The molecule has 2 rings (SSSR count). The lowest BCUT2D eigenvalue weighted by atomic mass is 10.3. The Morgan fingerprint density at radius 1 is 1.26 bits per heavy atom. The van der Waals surface area contributed by atoms with Gasteiger partial charge in [0.15, 0.2) is 0 Å². The highest BCUT2D eigenvalue weighted by atomic mass is 16.2. The number of hydrogen-bond donors (Lipinski definition) is 2. The lowest BCUT2D eigenvalue weighted by Gasteiger charge is -2.15. The van der Waals surface area contributed by atoms with Crippen LogP contribution in [-0.2, 0) is 4.79 Å². The SMILES string of the molecule is CCNc1cc(NCCC(=O)N2CCCC2)ncn1. The van der Waals surface area contributed by atoms with E-state index in [0.29, 0.717) is 13.0 Å². The van der Waals surface area contributed by atoms with Crippen LogP contribution in [0, 0.1) is 0 Å². The lowest BCUT2D eigenvalue weighted by molar-refractivity contribution is -0.129. The molecular weight excluding hydrogens is 242 g/mol. The van der Waals surface area contributed by atoms with Crippen molar-refractivity contribution in [3.8, 4) is 0 Å². The van der Waals surface area contributed by atoms with E-state index in [1.807, 2.05) is 17.9 Å². The smallest absolute Gasteiger partial charge is 0.224 e. The van der Waals surface area contributed by atoms with Gasteiger partial charge in [0.1, 0.15) is 18.0 Å². The Bertz CT molecular complexity index is 417.